The second kappa shape index (κ2) is 5.18. The molecule has 0 N–H and O–H groups in total. The van der Waals surface area contributed by atoms with Crippen molar-refractivity contribution in [2.75, 3.05) is 11.5 Å². The number of rotatable bonds is 5. The highest BCUT2D eigenvalue weighted by Gasteiger charge is 1.99. The highest BCUT2D eigenvalue weighted by Crippen LogP contribution is 2.09. The normalized spacial score (nSPS) is 10.3. The SMILES string of the molecule is C=CCSCCn1c(C)ccc1C. The zero-order valence-electron chi connectivity index (χ0n) is 8.42. The first kappa shape index (κ1) is 10.5. The summed E-state index contributed by atoms with van der Waals surface area (Å²) in [5.74, 6) is 2.22. The molecule has 0 atom stereocenters. The van der Waals surface area contributed by atoms with Crippen molar-refractivity contribution in [1.29, 1.82) is 0 Å². The lowest BCUT2D eigenvalue weighted by molar-refractivity contribution is 0.726. The molecule has 0 spiro atoms. The first-order valence-electron chi connectivity index (χ1n) is 4.57. The maximum Gasteiger partial charge on any atom is 0.0315 e. The Morgan fingerprint density at radius 3 is 2.54 bits per heavy atom. The summed E-state index contributed by atoms with van der Waals surface area (Å²) in [4.78, 5) is 0. The molecule has 0 aliphatic carbocycles. The van der Waals surface area contributed by atoms with Crippen molar-refractivity contribution in [3.63, 3.8) is 0 Å². The Morgan fingerprint density at radius 2 is 2.00 bits per heavy atom. The molecule has 0 aliphatic heterocycles. The summed E-state index contributed by atoms with van der Waals surface area (Å²) in [5, 5.41) is 0. The van der Waals surface area contributed by atoms with Crippen molar-refractivity contribution >= 4 is 11.8 Å². The van der Waals surface area contributed by atoms with Gasteiger partial charge in [0.25, 0.3) is 0 Å². The first-order valence-corrected chi connectivity index (χ1v) is 5.72. The summed E-state index contributed by atoms with van der Waals surface area (Å²) < 4.78 is 2.36. The third-order valence-corrected chi connectivity index (χ3v) is 3.05. The van der Waals surface area contributed by atoms with Crippen molar-refractivity contribution in [1.82, 2.24) is 4.57 Å². The van der Waals surface area contributed by atoms with E-state index in [0.717, 1.165) is 12.3 Å². The predicted octanol–water partition coefficient (Wildman–Crippen LogP) is 3.02. The molecule has 13 heavy (non-hydrogen) atoms. The second-order valence-corrected chi connectivity index (χ2v) is 4.28. The van der Waals surface area contributed by atoms with Crippen LogP contribution in [0.5, 0.6) is 0 Å². The molecule has 1 heterocycles. The van der Waals surface area contributed by atoms with Gasteiger partial charge in [-0.05, 0) is 26.0 Å². The Labute approximate surface area is 84.8 Å². The maximum atomic E-state index is 3.70. The van der Waals surface area contributed by atoms with Gasteiger partial charge >= 0.3 is 0 Å². The van der Waals surface area contributed by atoms with Crippen LogP contribution in [0, 0.1) is 13.8 Å². The highest BCUT2D eigenvalue weighted by atomic mass is 32.2. The molecule has 0 amide bonds. The molecule has 1 aromatic rings. The van der Waals surface area contributed by atoms with Crippen LogP contribution in [0.1, 0.15) is 11.4 Å². The average Bonchev–Trinajstić information content (AvgIpc) is 2.42. The van der Waals surface area contributed by atoms with Crippen LogP contribution >= 0.6 is 11.8 Å². The van der Waals surface area contributed by atoms with E-state index >= 15 is 0 Å². The van der Waals surface area contributed by atoms with Gasteiger partial charge in [0.15, 0.2) is 0 Å². The molecule has 0 saturated carbocycles. The molecule has 0 fully saturated rings. The number of hydrogen-bond donors (Lipinski definition) is 0. The van der Waals surface area contributed by atoms with Crippen molar-refractivity contribution in [2.24, 2.45) is 0 Å². The van der Waals surface area contributed by atoms with Crippen molar-refractivity contribution in [2.45, 2.75) is 20.4 Å². The van der Waals surface area contributed by atoms with E-state index in [1.165, 1.54) is 17.1 Å². The van der Waals surface area contributed by atoms with Gasteiger partial charge in [-0.25, -0.2) is 0 Å². The Bertz CT molecular complexity index is 256. The molecular formula is C11H17NS. The van der Waals surface area contributed by atoms with E-state index in [9.17, 15) is 0 Å². The Morgan fingerprint density at radius 1 is 1.38 bits per heavy atom. The van der Waals surface area contributed by atoms with E-state index in [4.69, 9.17) is 0 Å². The molecule has 0 aromatic carbocycles. The van der Waals surface area contributed by atoms with Crippen molar-refractivity contribution < 1.29 is 0 Å². The number of hydrogen-bond acceptors (Lipinski definition) is 1. The van der Waals surface area contributed by atoms with Crippen LogP contribution in [0.2, 0.25) is 0 Å². The molecule has 1 nitrogen and oxygen atoms in total. The van der Waals surface area contributed by atoms with Gasteiger partial charge in [-0.3, -0.25) is 0 Å². The van der Waals surface area contributed by atoms with E-state index in [0.29, 0.717) is 0 Å². The molecule has 72 valence electrons. The number of aromatic nitrogens is 1. The van der Waals surface area contributed by atoms with Crippen LogP contribution in [-0.2, 0) is 6.54 Å². The average molecular weight is 195 g/mol. The smallest absolute Gasteiger partial charge is 0.0315 e. The van der Waals surface area contributed by atoms with Crippen LogP contribution in [0.15, 0.2) is 24.8 Å². The molecule has 0 bridgehead atoms. The molecule has 0 unspecified atom stereocenters. The van der Waals surface area contributed by atoms with Gasteiger partial charge in [-0.1, -0.05) is 6.08 Å². The van der Waals surface area contributed by atoms with Crippen LogP contribution in [-0.4, -0.2) is 16.1 Å². The van der Waals surface area contributed by atoms with Crippen molar-refractivity contribution in [3.05, 3.63) is 36.2 Å². The number of aryl methyl sites for hydroxylation is 2. The predicted molar refractivity (Wildman–Crippen MR) is 61.4 cm³/mol. The van der Waals surface area contributed by atoms with Gasteiger partial charge in [-0.2, -0.15) is 11.8 Å². The summed E-state index contributed by atoms with van der Waals surface area (Å²) in [6.45, 7) is 9.13. The Kier molecular flexibility index (Phi) is 4.16. The van der Waals surface area contributed by atoms with Crippen molar-refractivity contribution in [3.8, 4) is 0 Å². The minimum Gasteiger partial charge on any atom is -0.348 e. The topological polar surface area (TPSA) is 4.93 Å². The lowest BCUT2D eigenvalue weighted by atomic mass is 10.5. The zero-order chi connectivity index (χ0) is 9.68. The van der Waals surface area contributed by atoms with E-state index < -0.39 is 0 Å². The summed E-state index contributed by atoms with van der Waals surface area (Å²) in [7, 11) is 0. The van der Waals surface area contributed by atoms with Crippen LogP contribution < -0.4 is 0 Å². The van der Waals surface area contributed by atoms with Gasteiger partial charge < -0.3 is 4.57 Å². The Balaban J connectivity index is 2.40. The van der Waals surface area contributed by atoms with Gasteiger partial charge in [-0.15, -0.1) is 6.58 Å². The van der Waals surface area contributed by atoms with Gasteiger partial charge in [0, 0.05) is 29.4 Å². The van der Waals surface area contributed by atoms with Crippen LogP contribution in [0.4, 0.5) is 0 Å². The minimum atomic E-state index is 1.05. The highest BCUT2D eigenvalue weighted by molar-refractivity contribution is 7.99. The van der Waals surface area contributed by atoms with E-state index in [-0.39, 0.29) is 0 Å². The monoisotopic (exact) mass is 195 g/mol. The number of nitrogens with zero attached hydrogens (tertiary/aromatic N) is 1. The number of thioether (sulfide) groups is 1. The van der Waals surface area contributed by atoms with Crippen LogP contribution in [0.3, 0.4) is 0 Å². The van der Waals surface area contributed by atoms with E-state index in [1.54, 1.807) is 0 Å². The zero-order valence-corrected chi connectivity index (χ0v) is 9.23. The van der Waals surface area contributed by atoms with E-state index in [1.807, 2.05) is 17.8 Å². The third kappa shape index (κ3) is 2.96. The summed E-state index contributed by atoms with van der Waals surface area (Å²) in [6.07, 6.45) is 1.96. The molecule has 1 aromatic heterocycles. The summed E-state index contributed by atoms with van der Waals surface area (Å²) >= 11 is 1.93. The standard InChI is InChI=1S/C11H17NS/c1-4-8-13-9-7-12-10(2)5-6-11(12)3/h4-6H,1,7-9H2,2-3H3. The maximum absolute atomic E-state index is 3.70. The fourth-order valence-electron chi connectivity index (χ4n) is 1.37. The molecule has 1 rings (SSSR count). The third-order valence-electron chi connectivity index (χ3n) is 2.11. The minimum absolute atomic E-state index is 1.05. The van der Waals surface area contributed by atoms with E-state index in [2.05, 4.69) is 37.1 Å². The summed E-state index contributed by atoms with van der Waals surface area (Å²) in [5.41, 5.74) is 2.72. The summed E-state index contributed by atoms with van der Waals surface area (Å²) in [6, 6.07) is 4.35. The molecule has 0 saturated heterocycles. The van der Waals surface area contributed by atoms with Gasteiger partial charge in [0.1, 0.15) is 0 Å². The Hall–Kier alpha value is -0.630. The fourth-order valence-corrected chi connectivity index (χ4v) is 2.02. The van der Waals surface area contributed by atoms with Gasteiger partial charge in [0.05, 0.1) is 0 Å². The molecule has 0 radical (unpaired) electrons. The molecule has 2 heteroatoms. The lowest BCUT2D eigenvalue weighted by Gasteiger charge is -2.07. The lowest BCUT2D eigenvalue weighted by Crippen LogP contribution is -2.04. The fraction of sp³-hybridized carbons (Fsp3) is 0.455. The molecule has 0 aliphatic rings. The quantitative estimate of drug-likeness (QED) is 0.516. The molecular weight excluding hydrogens is 178 g/mol. The second-order valence-electron chi connectivity index (χ2n) is 3.13. The first-order chi connectivity index (χ1) is 6.25. The van der Waals surface area contributed by atoms with Crippen LogP contribution in [0.25, 0.3) is 0 Å². The largest absolute Gasteiger partial charge is 0.348 e. The van der Waals surface area contributed by atoms with Gasteiger partial charge in [0.2, 0.25) is 0 Å².